The fraction of sp³-hybridized carbons (Fsp3) is 0.286. The number of hydrogen-bond donors (Lipinski definition) is 2. The average molecular weight is 458 g/mol. The lowest BCUT2D eigenvalue weighted by Gasteiger charge is -2.31. The molecule has 3 N–H and O–H groups in total. The summed E-state index contributed by atoms with van der Waals surface area (Å²) in [6.45, 7) is 7.41. The highest BCUT2D eigenvalue weighted by atomic mass is 16.6. The zero-order valence-electron chi connectivity index (χ0n) is 20.0. The number of nitrogens with zero attached hydrogens (tertiary/aromatic N) is 1. The number of aliphatic imine (C=N–C) groups is 1. The van der Waals surface area contributed by atoms with Gasteiger partial charge < -0.3 is 20.5 Å². The largest absolute Gasteiger partial charge is 0.481 e. The van der Waals surface area contributed by atoms with Crippen molar-refractivity contribution in [2.24, 2.45) is 10.7 Å². The molecule has 3 aromatic carbocycles. The molecule has 0 fully saturated rings. The second-order valence-corrected chi connectivity index (χ2v) is 9.45. The van der Waals surface area contributed by atoms with Crippen molar-refractivity contribution in [2.45, 2.75) is 51.4 Å². The Kier molecular flexibility index (Phi) is 6.59. The van der Waals surface area contributed by atoms with Crippen LogP contribution in [0.1, 0.15) is 56.3 Å². The predicted octanol–water partition coefficient (Wildman–Crippen LogP) is 5.85. The molecule has 0 aliphatic carbocycles. The first-order valence-corrected chi connectivity index (χ1v) is 11.5. The lowest BCUT2D eigenvalue weighted by atomic mass is 9.81. The molecular weight excluding hydrogens is 426 g/mol. The van der Waals surface area contributed by atoms with E-state index >= 15 is 0 Å². The Morgan fingerprint density at radius 1 is 0.971 bits per heavy atom. The van der Waals surface area contributed by atoms with Crippen molar-refractivity contribution in [3.05, 3.63) is 95.6 Å². The molecule has 0 aromatic heterocycles. The van der Waals surface area contributed by atoms with E-state index in [-0.39, 0.29) is 12.0 Å². The molecule has 2 unspecified atom stereocenters. The summed E-state index contributed by atoms with van der Waals surface area (Å²) in [5.41, 5.74) is 9.08. The van der Waals surface area contributed by atoms with Gasteiger partial charge in [-0.25, -0.2) is 9.79 Å². The molecule has 0 radical (unpaired) electrons. The second-order valence-electron chi connectivity index (χ2n) is 9.45. The fourth-order valence-corrected chi connectivity index (χ4v) is 4.09. The van der Waals surface area contributed by atoms with E-state index < -0.39 is 17.7 Å². The van der Waals surface area contributed by atoms with E-state index in [0.717, 1.165) is 16.7 Å². The molecule has 1 heterocycles. The summed E-state index contributed by atoms with van der Waals surface area (Å²) in [5, 5.41) is 3.13. The molecule has 0 bridgehead atoms. The van der Waals surface area contributed by atoms with Crippen LogP contribution in [-0.2, 0) is 4.74 Å². The van der Waals surface area contributed by atoms with Crippen LogP contribution in [0.5, 0.6) is 5.75 Å². The summed E-state index contributed by atoms with van der Waals surface area (Å²) in [6.07, 6.45) is -0.768. The zero-order chi connectivity index (χ0) is 24.3. The minimum absolute atomic E-state index is 0.169. The first-order valence-electron chi connectivity index (χ1n) is 11.5. The molecule has 3 aromatic rings. The van der Waals surface area contributed by atoms with Crippen LogP contribution >= 0.6 is 0 Å². The number of amides is 1. The Hall–Kier alpha value is -3.80. The molecule has 0 spiro atoms. The molecule has 6 nitrogen and oxygen atoms in total. The van der Waals surface area contributed by atoms with Gasteiger partial charge in [0.05, 0.1) is 6.04 Å². The third kappa shape index (κ3) is 5.39. The van der Waals surface area contributed by atoms with Crippen LogP contribution < -0.4 is 15.8 Å². The normalized spacial score (nSPS) is 16.1. The Labute approximate surface area is 200 Å². The molecular formula is C28H31N3O3. The minimum atomic E-state index is -0.623. The Bertz CT molecular complexity index is 1130. The van der Waals surface area contributed by atoms with Gasteiger partial charge >= 0.3 is 6.09 Å². The van der Waals surface area contributed by atoms with Gasteiger partial charge in [0.15, 0.2) is 6.10 Å². The van der Waals surface area contributed by atoms with Crippen LogP contribution in [0.4, 0.5) is 10.5 Å². The molecule has 176 valence electrons. The fourth-order valence-electron chi connectivity index (χ4n) is 4.09. The van der Waals surface area contributed by atoms with Crippen LogP contribution in [0.25, 0.3) is 0 Å². The van der Waals surface area contributed by atoms with Crippen LogP contribution in [-0.4, -0.2) is 23.6 Å². The molecule has 1 amide bonds. The third-order valence-corrected chi connectivity index (χ3v) is 5.63. The quantitative estimate of drug-likeness (QED) is 0.503. The number of fused-ring (bicyclic) bond motifs is 1. The number of benzene rings is 3. The summed E-state index contributed by atoms with van der Waals surface area (Å²) >= 11 is 0. The number of alkyl carbamates (subject to hydrolysis) is 1. The van der Waals surface area contributed by atoms with Crippen molar-refractivity contribution in [1.29, 1.82) is 0 Å². The SMILES string of the molecule is CC1Oc2ccc(C(NC(=O)OC(C)(C)C)C(c3ccccc3)c3ccccc3)cc2N=C1N. The Morgan fingerprint density at radius 3 is 2.12 bits per heavy atom. The van der Waals surface area contributed by atoms with Gasteiger partial charge in [-0.3, -0.25) is 0 Å². The number of nitrogens with one attached hydrogen (secondary N) is 1. The Morgan fingerprint density at radius 2 is 1.56 bits per heavy atom. The number of amidine groups is 1. The maximum absolute atomic E-state index is 13.0. The maximum Gasteiger partial charge on any atom is 0.408 e. The van der Waals surface area contributed by atoms with Crippen LogP contribution in [0.2, 0.25) is 0 Å². The van der Waals surface area contributed by atoms with E-state index in [1.807, 2.05) is 82.3 Å². The summed E-state index contributed by atoms with van der Waals surface area (Å²) < 4.78 is 11.5. The highest BCUT2D eigenvalue weighted by Crippen LogP contribution is 2.41. The van der Waals surface area contributed by atoms with Crippen molar-refractivity contribution in [3.8, 4) is 5.75 Å². The van der Waals surface area contributed by atoms with Gasteiger partial charge in [0.2, 0.25) is 0 Å². The van der Waals surface area contributed by atoms with Gasteiger partial charge in [0, 0.05) is 5.92 Å². The highest BCUT2D eigenvalue weighted by molar-refractivity contribution is 5.89. The van der Waals surface area contributed by atoms with Crippen LogP contribution in [0.3, 0.4) is 0 Å². The lowest BCUT2D eigenvalue weighted by Crippen LogP contribution is -2.37. The van der Waals surface area contributed by atoms with Crippen LogP contribution in [0.15, 0.2) is 83.9 Å². The van der Waals surface area contributed by atoms with Gasteiger partial charge in [-0.1, -0.05) is 66.7 Å². The summed E-state index contributed by atoms with van der Waals surface area (Å²) in [5.74, 6) is 0.916. The summed E-state index contributed by atoms with van der Waals surface area (Å²) in [4.78, 5) is 17.5. The smallest absolute Gasteiger partial charge is 0.408 e. The first-order chi connectivity index (χ1) is 16.2. The van der Waals surface area contributed by atoms with E-state index in [4.69, 9.17) is 15.2 Å². The van der Waals surface area contributed by atoms with E-state index in [1.165, 1.54) is 0 Å². The lowest BCUT2D eigenvalue weighted by molar-refractivity contribution is 0.0499. The molecule has 0 saturated carbocycles. The van der Waals surface area contributed by atoms with Crippen molar-refractivity contribution in [3.63, 3.8) is 0 Å². The molecule has 6 heteroatoms. The minimum Gasteiger partial charge on any atom is -0.481 e. The van der Waals surface area contributed by atoms with E-state index in [2.05, 4.69) is 34.6 Å². The number of ether oxygens (including phenoxy) is 2. The molecule has 2 atom stereocenters. The molecule has 1 aliphatic heterocycles. The predicted molar refractivity (Wildman–Crippen MR) is 135 cm³/mol. The van der Waals surface area contributed by atoms with E-state index in [9.17, 15) is 4.79 Å². The van der Waals surface area contributed by atoms with E-state index in [0.29, 0.717) is 17.3 Å². The molecule has 0 saturated heterocycles. The van der Waals surface area contributed by atoms with Gasteiger partial charge in [0.1, 0.15) is 22.9 Å². The number of carbonyl (C=O) groups excluding carboxylic acids is 1. The number of hydrogen-bond acceptors (Lipinski definition) is 5. The topological polar surface area (TPSA) is 85.9 Å². The van der Waals surface area contributed by atoms with Gasteiger partial charge in [-0.2, -0.15) is 0 Å². The summed E-state index contributed by atoms with van der Waals surface area (Å²) in [6, 6.07) is 25.6. The number of nitrogens with two attached hydrogens (primary N) is 1. The zero-order valence-corrected chi connectivity index (χ0v) is 20.0. The van der Waals surface area contributed by atoms with Crippen molar-refractivity contribution >= 4 is 17.6 Å². The maximum atomic E-state index is 13.0. The standard InChI is InChI=1S/C28H31N3O3/c1-18-26(29)30-22-17-21(15-16-23(22)33-18)25(31-27(32)34-28(2,3)4)24(19-11-7-5-8-12-19)20-13-9-6-10-14-20/h5-18,24-25H,1-4H3,(H2,29,30)(H,31,32). The van der Waals surface area contributed by atoms with Crippen molar-refractivity contribution in [1.82, 2.24) is 5.32 Å². The van der Waals surface area contributed by atoms with Crippen molar-refractivity contribution in [2.75, 3.05) is 0 Å². The number of carbonyl (C=O) groups is 1. The van der Waals surface area contributed by atoms with E-state index in [1.54, 1.807) is 0 Å². The summed E-state index contributed by atoms with van der Waals surface area (Å²) in [7, 11) is 0. The van der Waals surface area contributed by atoms with Crippen LogP contribution in [0, 0.1) is 0 Å². The van der Waals surface area contributed by atoms with Crippen molar-refractivity contribution < 1.29 is 14.3 Å². The number of rotatable bonds is 5. The van der Waals surface area contributed by atoms with Gasteiger partial charge in [0.25, 0.3) is 0 Å². The third-order valence-electron chi connectivity index (χ3n) is 5.63. The average Bonchev–Trinajstić information content (AvgIpc) is 2.79. The molecule has 34 heavy (non-hydrogen) atoms. The molecule has 4 rings (SSSR count). The highest BCUT2D eigenvalue weighted by Gasteiger charge is 2.31. The first kappa shape index (κ1) is 23.4. The van der Waals surface area contributed by atoms with Gasteiger partial charge in [-0.05, 0) is 56.5 Å². The second kappa shape index (κ2) is 9.59. The molecule has 1 aliphatic rings. The monoisotopic (exact) mass is 457 g/mol. The van der Waals surface area contributed by atoms with Gasteiger partial charge in [-0.15, -0.1) is 0 Å². The Balaban J connectivity index is 1.82.